The van der Waals surface area contributed by atoms with Crippen LogP contribution in [0.1, 0.15) is 48.9 Å². The number of carboxylic acid groups (broad SMARTS) is 1. The maximum atomic E-state index is 12.8. The molecule has 6 nitrogen and oxygen atoms in total. The lowest BCUT2D eigenvalue weighted by atomic mass is 10.0. The summed E-state index contributed by atoms with van der Waals surface area (Å²) >= 11 is 0. The van der Waals surface area contributed by atoms with Gasteiger partial charge in [-0.05, 0) is 60.7 Å². The number of fused-ring (bicyclic) bond motifs is 1. The summed E-state index contributed by atoms with van der Waals surface area (Å²) in [5, 5.41) is 18.8. The zero-order valence-corrected chi connectivity index (χ0v) is 19.7. The summed E-state index contributed by atoms with van der Waals surface area (Å²) in [4.78, 5) is 26.0. The van der Waals surface area contributed by atoms with E-state index in [1.807, 2.05) is 19.1 Å². The molecule has 3 rings (SSSR count). The van der Waals surface area contributed by atoms with Crippen molar-refractivity contribution >= 4 is 40.9 Å². The summed E-state index contributed by atoms with van der Waals surface area (Å²) in [7, 11) is 0. The van der Waals surface area contributed by atoms with Crippen molar-refractivity contribution in [2.24, 2.45) is 0 Å². The Kier molecular flexibility index (Phi) is 8.05. The van der Waals surface area contributed by atoms with Crippen molar-refractivity contribution in [3.63, 3.8) is 0 Å². The summed E-state index contributed by atoms with van der Waals surface area (Å²) in [6, 6.07) is 14.7. The van der Waals surface area contributed by atoms with Crippen molar-refractivity contribution < 1.29 is 14.3 Å². The summed E-state index contributed by atoms with van der Waals surface area (Å²) in [5.41, 5.74) is 3.69. The quantitative estimate of drug-likeness (QED) is 0.245. The summed E-state index contributed by atoms with van der Waals surface area (Å²) < 4.78 is 5.68. The average molecular weight is 457 g/mol. The van der Waals surface area contributed by atoms with Crippen molar-refractivity contribution in [1.29, 1.82) is 5.26 Å². The van der Waals surface area contributed by atoms with Crippen molar-refractivity contribution in [3.8, 4) is 6.07 Å². The Balaban J connectivity index is 1.90. The van der Waals surface area contributed by atoms with E-state index >= 15 is 0 Å². The van der Waals surface area contributed by atoms with Crippen LogP contribution < -0.4 is 10.5 Å². The molecule has 0 spiro atoms. The highest BCUT2D eigenvalue weighted by Crippen LogP contribution is 2.26. The lowest BCUT2D eigenvalue weighted by Gasteiger charge is -2.24. The SMILES string of the molecule is CCCN(CCC)c1ccc2c(C)c(/C=C/c3ccc(/C=C(\C#N)C(=O)O)cc3)c(=O)oc2c1. The average Bonchev–Trinajstić information content (AvgIpc) is 2.82. The van der Waals surface area contributed by atoms with E-state index in [2.05, 4.69) is 24.8 Å². The lowest BCUT2D eigenvalue weighted by molar-refractivity contribution is -0.132. The number of anilines is 1. The number of carbonyl (C=O) groups is 1. The molecule has 3 aromatic rings. The van der Waals surface area contributed by atoms with Gasteiger partial charge in [0.15, 0.2) is 0 Å². The zero-order chi connectivity index (χ0) is 24.7. The molecule has 1 N–H and O–H groups in total. The molecule has 0 aliphatic carbocycles. The summed E-state index contributed by atoms with van der Waals surface area (Å²) in [5.74, 6) is -1.26. The second-order valence-corrected chi connectivity index (χ2v) is 8.07. The monoisotopic (exact) mass is 456 g/mol. The fourth-order valence-corrected chi connectivity index (χ4v) is 3.85. The van der Waals surface area contributed by atoms with Crippen LogP contribution in [-0.4, -0.2) is 24.2 Å². The highest BCUT2D eigenvalue weighted by atomic mass is 16.4. The Bertz CT molecular complexity index is 1340. The van der Waals surface area contributed by atoms with Gasteiger partial charge in [0.05, 0.1) is 5.56 Å². The Hall–Kier alpha value is -4.11. The molecule has 0 fully saturated rings. The van der Waals surface area contributed by atoms with Gasteiger partial charge >= 0.3 is 11.6 Å². The van der Waals surface area contributed by atoms with Gasteiger partial charge in [0.25, 0.3) is 0 Å². The topological polar surface area (TPSA) is 94.5 Å². The Morgan fingerprint density at radius 1 is 1.06 bits per heavy atom. The maximum Gasteiger partial charge on any atom is 0.346 e. The van der Waals surface area contributed by atoms with Crippen LogP contribution in [0.4, 0.5) is 5.69 Å². The Morgan fingerprint density at radius 2 is 1.71 bits per heavy atom. The predicted octanol–water partition coefficient (Wildman–Crippen LogP) is 5.89. The van der Waals surface area contributed by atoms with Crippen LogP contribution in [0.2, 0.25) is 0 Å². The minimum Gasteiger partial charge on any atom is -0.477 e. The first-order valence-corrected chi connectivity index (χ1v) is 11.3. The Morgan fingerprint density at radius 3 is 2.29 bits per heavy atom. The predicted molar refractivity (Wildman–Crippen MR) is 137 cm³/mol. The van der Waals surface area contributed by atoms with E-state index in [0.29, 0.717) is 16.7 Å². The largest absolute Gasteiger partial charge is 0.477 e. The number of hydrogen-bond acceptors (Lipinski definition) is 5. The highest BCUT2D eigenvalue weighted by Gasteiger charge is 2.12. The van der Waals surface area contributed by atoms with E-state index in [4.69, 9.17) is 14.8 Å². The number of aryl methyl sites for hydroxylation is 1. The molecule has 0 atom stereocenters. The normalized spacial score (nSPS) is 11.6. The minimum atomic E-state index is -1.26. The van der Waals surface area contributed by atoms with E-state index in [-0.39, 0.29) is 5.57 Å². The first-order chi connectivity index (χ1) is 16.4. The van der Waals surface area contributed by atoms with Crippen LogP contribution >= 0.6 is 0 Å². The van der Waals surface area contributed by atoms with Crippen LogP contribution in [0.15, 0.2) is 57.2 Å². The number of nitriles is 1. The van der Waals surface area contributed by atoms with Gasteiger partial charge in [-0.1, -0.05) is 44.2 Å². The molecular formula is C28H28N2O4. The first kappa shape index (κ1) is 24.5. The van der Waals surface area contributed by atoms with E-state index < -0.39 is 11.6 Å². The number of benzene rings is 2. The van der Waals surface area contributed by atoms with Crippen LogP contribution in [0, 0.1) is 18.3 Å². The standard InChI is InChI=1S/C28H28N2O4/c1-4-14-30(15-5-2)23-11-13-24-19(3)25(28(33)34-26(24)17-23)12-10-20-6-8-21(9-7-20)16-22(18-29)27(31)32/h6-13,16-17H,4-5,14-15H2,1-3H3,(H,31,32)/b12-10+,22-16+. The number of rotatable bonds is 9. The zero-order valence-electron chi connectivity index (χ0n) is 19.7. The van der Waals surface area contributed by atoms with Crippen molar-refractivity contribution in [2.75, 3.05) is 18.0 Å². The van der Waals surface area contributed by atoms with Crippen molar-refractivity contribution in [2.45, 2.75) is 33.6 Å². The first-order valence-electron chi connectivity index (χ1n) is 11.3. The number of carboxylic acids is 1. The summed E-state index contributed by atoms with van der Waals surface area (Å²) in [6.45, 7) is 8.11. The molecule has 1 heterocycles. The van der Waals surface area contributed by atoms with Gasteiger partial charge in [0.1, 0.15) is 17.2 Å². The molecule has 0 aliphatic heterocycles. The van der Waals surface area contributed by atoms with Gasteiger partial charge in [-0.25, -0.2) is 9.59 Å². The Labute approximate surface area is 199 Å². The van der Waals surface area contributed by atoms with Crippen LogP contribution in [0.5, 0.6) is 0 Å². The molecule has 174 valence electrons. The fraction of sp³-hybridized carbons (Fsp3) is 0.250. The molecule has 0 amide bonds. The second kappa shape index (κ2) is 11.2. The molecule has 0 saturated carbocycles. The van der Waals surface area contributed by atoms with Crippen LogP contribution in [-0.2, 0) is 4.79 Å². The molecule has 0 saturated heterocycles. The van der Waals surface area contributed by atoms with E-state index in [1.54, 1.807) is 42.5 Å². The molecule has 2 aromatic carbocycles. The van der Waals surface area contributed by atoms with Gasteiger partial charge in [-0.3, -0.25) is 0 Å². The number of hydrogen-bond donors (Lipinski definition) is 1. The molecule has 0 unspecified atom stereocenters. The number of nitrogens with zero attached hydrogens (tertiary/aromatic N) is 2. The molecule has 1 aromatic heterocycles. The van der Waals surface area contributed by atoms with Crippen molar-refractivity contribution in [1.82, 2.24) is 0 Å². The van der Waals surface area contributed by atoms with Gasteiger partial charge in [0.2, 0.25) is 0 Å². The van der Waals surface area contributed by atoms with Gasteiger partial charge in [-0.2, -0.15) is 5.26 Å². The third-order valence-electron chi connectivity index (χ3n) is 5.59. The van der Waals surface area contributed by atoms with E-state index in [0.717, 1.165) is 48.1 Å². The van der Waals surface area contributed by atoms with E-state index in [9.17, 15) is 9.59 Å². The van der Waals surface area contributed by atoms with Crippen molar-refractivity contribution in [3.05, 3.63) is 80.7 Å². The fourth-order valence-electron chi connectivity index (χ4n) is 3.85. The minimum absolute atomic E-state index is 0.330. The second-order valence-electron chi connectivity index (χ2n) is 8.07. The van der Waals surface area contributed by atoms with Gasteiger partial charge in [-0.15, -0.1) is 0 Å². The molecule has 0 bridgehead atoms. The van der Waals surface area contributed by atoms with Crippen LogP contribution in [0.25, 0.3) is 29.2 Å². The molecular weight excluding hydrogens is 428 g/mol. The van der Waals surface area contributed by atoms with Gasteiger partial charge in [0, 0.05) is 30.2 Å². The molecule has 0 aliphatic rings. The van der Waals surface area contributed by atoms with Crippen LogP contribution in [0.3, 0.4) is 0 Å². The third-order valence-corrected chi connectivity index (χ3v) is 5.59. The molecule has 34 heavy (non-hydrogen) atoms. The molecule has 6 heteroatoms. The van der Waals surface area contributed by atoms with Gasteiger partial charge < -0.3 is 14.4 Å². The molecule has 0 radical (unpaired) electrons. The lowest BCUT2D eigenvalue weighted by Crippen LogP contribution is -2.24. The number of aliphatic carboxylic acids is 1. The smallest absolute Gasteiger partial charge is 0.346 e. The van der Waals surface area contributed by atoms with E-state index in [1.165, 1.54) is 6.08 Å². The highest BCUT2D eigenvalue weighted by molar-refractivity contribution is 5.96. The summed E-state index contributed by atoms with van der Waals surface area (Å²) in [6.07, 6.45) is 6.94. The maximum absolute atomic E-state index is 12.8. The third kappa shape index (κ3) is 5.62.